The number of nitrogens with zero attached hydrogens (tertiary/aromatic N) is 3. The molecule has 0 N–H and O–H groups in total. The van der Waals surface area contributed by atoms with E-state index in [0.717, 1.165) is 30.5 Å². The van der Waals surface area contributed by atoms with Crippen LogP contribution in [-0.2, 0) is 12.8 Å². The van der Waals surface area contributed by atoms with Crippen molar-refractivity contribution in [2.24, 2.45) is 0 Å². The van der Waals surface area contributed by atoms with Crippen LogP contribution in [0.5, 0.6) is 5.75 Å². The summed E-state index contributed by atoms with van der Waals surface area (Å²) in [5, 5.41) is 8.99. The molecule has 0 aliphatic heterocycles. The zero-order chi connectivity index (χ0) is 15.7. The molecule has 0 saturated heterocycles. The summed E-state index contributed by atoms with van der Waals surface area (Å²) in [6.45, 7) is 0. The van der Waals surface area contributed by atoms with Gasteiger partial charge in [0.1, 0.15) is 11.8 Å². The van der Waals surface area contributed by atoms with Gasteiger partial charge < -0.3 is 4.74 Å². The third kappa shape index (κ3) is 2.86. The van der Waals surface area contributed by atoms with Crippen LogP contribution in [0.3, 0.4) is 0 Å². The Morgan fingerprint density at radius 3 is 2.45 bits per heavy atom. The van der Waals surface area contributed by atoms with Gasteiger partial charge in [0.05, 0.1) is 5.69 Å². The molecule has 0 saturated carbocycles. The number of fused-ring (bicyclic) bond motifs is 1. The van der Waals surface area contributed by atoms with E-state index in [-0.39, 0.29) is 11.6 Å². The van der Waals surface area contributed by atoms with Crippen LogP contribution in [0.15, 0.2) is 24.3 Å². The smallest absolute Gasteiger partial charge is 0.406 e. The average Bonchev–Trinajstić information content (AvgIpc) is 2.93. The first-order valence-corrected chi connectivity index (χ1v) is 6.62. The van der Waals surface area contributed by atoms with E-state index in [1.807, 2.05) is 6.07 Å². The summed E-state index contributed by atoms with van der Waals surface area (Å²) in [7, 11) is 0. The molecule has 3 rings (SSSR count). The Hall–Kier alpha value is -2.62. The maximum Gasteiger partial charge on any atom is 0.573 e. The molecule has 22 heavy (non-hydrogen) atoms. The third-order valence-electron chi connectivity index (χ3n) is 3.39. The Bertz CT molecular complexity index is 748. The van der Waals surface area contributed by atoms with E-state index in [4.69, 9.17) is 5.26 Å². The molecular formula is C15H10F3N3O. The minimum Gasteiger partial charge on any atom is -0.406 e. The Morgan fingerprint density at radius 2 is 1.82 bits per heavy atom. The number of rotatable bonds is 2. The highest BCUT2D eigenvalue weighted by molar-refractivity contribution is 5.65. The summed E-state index contributed by atoms with van der Waals surface area (Å²) < 4.78 is 40.3. The number of alkyl halides is 3. The first-order valence-electron chi connectivity index (χ1n) is 6.62. The quantitative estimate of drug-likeness (QED) is 0.853. The summed E-state index contributed by atoms with van der Waals surface area (Å²) in [6.07, 6.45) is -2.20. The normalized spacial score (nSPS) is 13.5. The SMILES string of the molecule is N#Cc1nc2c(c(-c3ccc(OC(F)(F)F)cc3)n1)CCC2. The van der Waals surface area contributed by atoms with E-state index >= 15 is 0 Å². The van der Waals surface area contributed by atoms with Crippen molar-refractivity contribution >= 4 is 0 Å². The van der Waals surface area contributed by atoms with Crippen LogP contribution in [0.25, 0.3) is 11.3 Å². The van der Waals surface area contributed by atoms with Gasteiger partial charge in [-0.05, 0) is 43.5 Å². The molecule has 0 radical (unpaired) electrons. The molecule has 112 valence electrons. The first kappa shape index (κ1) is 14.3. The van der Waals surface area contributed by atoms with Gasteiger partial charge in [0.2, 0.25) is 5.82 Å². The fourth-order valence-corrected chi connectivity index (χ4v) is 2.54. The van der Waals surface area contributed by atoms with E-state index < -0.39 is 6.36 Å². The molecule has 1 aliphatic carbocycles. The van der Waals surface area contributed by atoms with Crippen LogP contribution < -0.4 is 4.74 Å². The molecule has 0 spiro atoms. The molecule has 1 aliphatic rings. The van der Waals surface area contributed by atoms with E-state index in [1.54, 1.807) is 0 Å². The van der Waals surface area contributed by atoms with E-state index in [2.05, 4.69) is 14.7 Å². The number of hydrogen-bond acceptors (Lipinski definition) is 4. The van der Waals surface area contributed by atoms with Crippen molar-refractivity contribution in [3.05, 3.63) is 41.3 Å². The fourth-order valence-electron chi connectivity index (χ4n) is 2.54. The Labute approximate surface area is 124 Å². The number of aryl methyl sites for hydroxylation is 1. The summed E-state index contributed by atoms with van der Waals surface area (Å²) in [4.78, 5) is 8.38. The van der Waals surface area contributed by atoms with Crippen molar-refractivity contribution in [2.45, 2.75) is 25.6 Å². The van der Waals surface area contributed by atoms with Gasteiger partial charge in [0.15, 0.2) is 0 Å². The van der Waals surface area contributed by atoms with E-state index in [0.29, 0.717) is 11.3 Å². The van der Waals surface area contributed by atoms with Crippen molar-refractivity contribution in [2.75, 3.05) is 0 Å². The molecule has 7 heteroatoms. The molecule has 0 fully saturated rings. The van der Waals surface area contributed by atoms with Gasteiger partial charge in [-0.2, -0.15) is 5.26 Å². The molecule has 0 amide bonds. The lowest BCUT2D eigenvalue weighted by Gasteiger charge is -2.11. The van der Waals surface area contributed by atoms with Crippen LogP contribution in [0.4, 0.5) is 13.2 Å². The molecule has 0 unspecified atom stereocenters. The highest BCUT2D eigenvalue weighted by Crippen LogP contribution is 2.31. The molecule has 1 heterocycles. The third-order valence-corrected chi connectivity index (χ3v) is 3.39. The molecule has 0 bridgehead atoms. The highest BCUT2D eigenvalue weighted by Gasteiger charge is 2.31. The maximum atomic E-state index is 12.2. The number of benzene rings is 1. The second kappa shape index (κ2) is 5.30. The van der Waals surface area contributed by atoms with Gasteiger partial charge in [-0.3, -0.25) is 0 Å². The molecule has 4 nitrogen and oxygen atoms in total. The van der Waals surface area contributed by atoms with Crippen molar-refractivity contribution in [3.8, 4) is 23.1 Å². The van der Waals surface area contributed by atoms with Crippen molar-refractivity contribution in [3.63, 3.8) is 0 Å². The van der Waals surface area contributed by atoms with E-state index in [9.17, 15) is 13.2 Å². The first-order chi connectivity index (χ1) is 10.5. The molecule has 0 atom stereocenters. The Balaban J connectivity index is 1.98. The van der Waals surface area contributed by atoms with E-state index in [1.165, 1.54) is 24.3 Å². The topological polar surface area (TPSA) is 58.8 Å². The van der Waals surface area contributed by atoms with Crippen molar-refractivity contribution < 1.29 is 17.9 Å². The average molecular weight is 305 g/mol. The van der Waals surface area contributed by atoms with Crippen LogP contribution in [0.2, 0.25) is 0 Å². The minimum absolute atomic E-state index is 0.0752. The Kier molecular flexibility index (Phi) is 3.45. The molecule has 1 aromatic heterocycles. The van der Waals surface area contributed by atoms with Gasteiger partial charge >= 0.3 is 6.36 Å². The second-order valence-electron chi connectivity index (χ2n) is 4.86. The standard InChI is InChI=1S/C15H10F3N3O/c16-15(17,18)22-10-6-4-9(5-7-10)14-11-2-1-3-12(11)20-13(8-19)21-14/h4-7H,1-3H2. The fraction of sp³-hybridized carbons (Fsp3) is 0.267. The molecular weight excluding hydrogens is 295 g/mol. The number of halogens is 3. The number of ether oxygens (including phenoxy) is 1. The van der Waals surface area contributed by atoms with Crippen molar-refractivity contribution in [1.82, 2.24) is 9.97 Å². The van der Waals surface area contributed by atoms with Gasteiger partial charge in [0, 0.05) is 16.8 Å². The zero-order valence-electron chi connectivity index (χ0n) is 11.3. The highest BCUT2D eigenvalue weighted by atomic mass is 19.4. The summed E-state index contributed by atoms with van der Waals surface area (Å²) in [6, 6.07) is 7.39. The van der Waals surface area contributed by atoms with Gasteiger partial charge in [0.25, 0.3) is 0 Å². The second-order valence-corrected chi connectivity index (χ2v) is 4.86. The largest absolute Gasteiger partial charge is 0.573 e. The maximum absolute atomic E-state index is 12.2. The van der Waals surface area contributed by atoms with Crippen LogP contribution in [0.1, 0.15) is 23.5 Å². The predicted molar refractivity (Wildman–Crippen MR) is 70.9 cm³/mol. The predicted octanol–water partition coefficient (Wildman–Crippen LogP) is 3.40. The zero-order valence-corrected chi connectivity index (χ0v) is 11.3. The van der Waals surface area contributed by atoms with Crippen molar-refractivity contribution in [1.29, 1.82) is 5.26 Å². The monoisotopic (exact) mass is 305 g/mol. The summed E-state index contributed by atoms with van der Waals surface area (Å²) >= 11 is 0. The van der Waals surface area contributed by atoms with Crippen LogP contribution >= 0.6 is 0 Å². The number of nitriles is 1. The summed E-state index contributed by atoms with van der Waals surface area (Å²) in [5.41, 5.74) is 3.06. The lowest BCUT2D eigenvalue weighted by molar-refractivity contribution is -0.274. The Morgan fingerprint density at radius 1 is 1.09 bits per heavy atom. The van der Waals surface area contributed by atoms with Gasteiger partial charge in [-0.1, -0.05) is 0 Å². The number of hydrogen-bond donors (Lipinski definition) is 0. The van der Waals surface area contributed by atoms with Crippen LogP contribution in [0, 0.1) is 11.3 Å². The summed E-state index contributed by atoms with van der Waals surface area (Å²) in [5.74, 6) is -0.214. The molecule has 2 aromatic rings. The lowest BCUT2D eigenvalue weighted by Crippen LogP contribution is -2.16. The van der Waals surface area contributed by atoms with Crippen LogP contribution in [-0.4, -0.2) is 16.3 Å². The van der Waals surface area contributed by atoms with Gasteiger partial charge in [-0.25, -0.2) is 9.97 Å². The number of aromatic nitrogens is 2. The minimum atomic E-state index is -4.72. The lowest BCUT2D eigenvalue weighted by atomic mass is 10.0. The molecule has 1 aromatic carbocycles. The van der Waals surface area contributed by atoms with Gasteiger partial charge in [-0.15, -0.1) is 13.2 Å².